The first kappa shape index (κ1) is 10.8. The summed E-state index contributed by atoms with van der Waals surface area (Å²) in [6, 6.07) is 3.71. The molecule has 0 bridgehead atoms. The highest BCUT2D eigenvalue weighted by Crippen LogP contribution is 2.10. The van der Waals surface area contributed by atoms with Gasteiger partial charge < -0.3 is 10.6 Å². The fourth-order valence-electron chi connectivity index (χ4n) is 1.29. The quantitative estimate of drug-likeness (QED) is 0.775. The Labute approximate surface area is 85.1 Å². The lowest BCUT2D eigenvalue weighted by Gasteiger charge is -2.20. The molecule has 4 heteroatoms. The van der Waals surface area contributed by atoms with Crippen LogP contribution in [0, 0.1) is 0 Å². The Morgan fingerprint density at radius 2 is 2.07 bits per heavy atom. The SMILES string of the molecule is CCCCN(CC)c1ccc(N)nn1. The van der Waals surface area contributed by atoms with Gasteiger partial charge in [0, 0.05) is 13.1 Å². The number of nitrogen functional groups attached to an aromatic ring is 1. The predicted octanol–water partition coefficient (Wildman–Crippen LogP) is 1.69. The van der Waals surface area contributed by atoms with Crippen LogP contribution in [-0.2, 0) is 0 Å². The summed E-state index contributed by atoms with van der Waals surface area (Å²) in [5.74, 6) is 1.38. The molecule has 0 aliphatic heterocycles. The summed E-state index contributed by atoms with van der Waals surface area (Å²) in [5.41, 5.74) is 5.48. The molecule has 2 N–H and O–H groups in total. The van der Waals surface area contributed by atoms with Crippen molar-refractivity contribution in [1.82, 2.24) is 10.2 Å². The molecule has 0 aliphatic carbocycles. The lowest BCUT2D eigenvalue weighted by atomic mass is 10.3. The number of nitrogens with zero attached hydrogens (tertiary/aromatic N) is 3. The Hall–Kier alpha value is -1.32. The summed E-state index contributed by atoms with van der Waals surface area (Å²) < 4.78 is 0. The largest absolute Gasteiger partial charge is 0.382 e. The Kier molecular flexibility index (Phi) is 4.16. The molecule has 0 atom stereocenters. The molecule has 0 fully saturated rings. The second-order valence-electron chi connectivity index (χ2n) is 3.25. The molecule has 0 aliphatic rings. The lowest BCUT2D eigenvalue weighted by Crippen LogP contribution is -2.25. The first-order chi connectivity index (χ1) is 6.77. The van der Waals surface area contributed by atoms with Crippen LogP contribution >= 0.6 is 0 Å². The maximum Gasteiger partial charge on any atom is 0.151 e. The van der Waals surface area contributed by atoms with E-state index >= 15 is 0 Å². The van der Waals surface area contributed by atoms with Crippen molar-refractivity contribution in [2.75, 3.05) is 23.7 Å². The van der Waals surface area contributed by atoms with Gasteiger partial charge in [-0.05, 0) is 25.5 Å². The molecule has 0 amide bonds. The van der Waals surface area contributed by atoms with Gasteiger partial charge in [-0.15, -0.1) is 10.2 Å². The molecule has 1 aromatic rings. The molecule has 1 rings (SSSR count). The number of nitrogens with two attached hydrogens (primary N) is 1. The number of anilines is 2. The van der Waals surface area contributed by atoms with Crippen LogP contribution < -0.4 is 10.6 Å². The first-order valence-electron chi connectivity index (χ1n) is 5.12. The van der Waals surface area contributed by atoms with Gasteiger partial charge in [-0.25, -0.2) is 0 Å². The third-order valence-electron chi connectivity index (χ3n) is 2.16. The number of hydrogen-bond donors (Lipinski definition) is 1. The molecular weight excluding hydrogens is 176 g/mol. The van der Waals surface area contributed by atoms with Crippen LogP contribution in [-0.4, -0.2) is 23.3 Å². The monoisotopic (exact) mass is 194 g/mol. The summed E-state index contributed by atoms with van der Waals surface area (Å²) in [4.78, 5) is 2.20. The number of unbranched alkanes of at least 4 members (excludes halogenated alkanes) is 1. The zero-order valence-electron chi connectivity index (χ0n) is 8.90. The van der Waals surface area contributed by atoms with E-state index in [1.807, 2.05) is 6.07 Å². The van der Waals surface area contributed by atoms with Gasteiger partial charge in [0.2, 0.25) is 0 Å². The second kappa shape index (κ2) is 5.42. The van der Waals surface area contributed by atoms with Gasteiger partial charge in [-0.2, -0.15) is 0 Å². The molecule has 0 radical (unpaired) electrons. The van der Waals surface area contributed by atoms with Gasteiger partial charge >= 0.3 is 0 Å². The Morgan fingerprint density at radius 1 is 1.29 bits per heavy atom. The molecule has 0 aromatic carbocycles. The number of hydrogen-bond acceptors (Lipinski definition) is 4. The van der Waals surface area contributed by atoms with E-state index in [4.69, 9.17) is 5.73 Å². The molecule has 0 saturated heterocycles. The molecule has 0 spiro atoms. The minimum Gasteiger partial charge on any atom is -0.382 e. The van der Waals surface area contributed by atoms with Crippen LogP contribution in [0.3, 0.4) is 0 Å². The van der Waals surface area contributed by atoms with Gasteiger partial charge in [0.05, 0.1) is 0 Å². The molecule has 0 saturated carbocycles. The van der Waals surface area contributed by atoms with Crippen molar-refractivity contribution in [3.05, 3.63) is 12.1 Å². The lowest BCUT2D eigenvalue weighted by molar-refractivity contribution is 0.718. The van der Waals surface area contributed by atoms with Crippen molar-refractivity contribution >= 4 is 11.6 Å². The van der Waals surface area contributed by atoms with E-state index in [1.54, 1.807) is 6.07 Å². The van der Waals surface area contributed by atoms with Crippen LogP contribution in [0.5, 0.6) is 0 Å². The van der Waals surface area contributed by atoms with E-state index in [0.717, 1.165) is 18.9 Å². The smallest absolute Gasteiger partial charge is 0.151 e. The van der Waals surface area contributed by atoms with E-state index in [1.165, 1.54) is 12.8 Å². The molecule has 1 heterocycles. The van der Waals surface area contributed by atoms with Crippen molar-refractivity contribution in [2.24, 2.45) is 0 Å². The van der Waals surface area contributed by atoms with Crippen LogP contribution in [0.2, 0.25) is 0 Å². The molecule has 4 nitrogen and oxygen atoms in total. The van der Waals surface area contributed by atoms with Crippen LogP contribution in [0.25, 0.3) is 0 Å². The number of rotatable bonds is 5. The van der Waals surface area contributed by atoms with E-state index in [-0.39, 0.29) is 0 Å². The summed E-state index contributed by atoms with van der Waals surface area (Å²) in [7, 11) is 0. The highest BCUT2D eigenvalue weighted by Gasteiger charge is 2.04. The Morgan fingerprint density at radius 3 is 2.57 bits per heavy atom. The maximum atomic E-state index is 5.48. The van der Waals surface area contributed by atoms with E-state index < -0.39 is 0 Å². The Bertz CT molecular complexity index is 257. The highest BCUT2D eigenvalue weighted by molar-refractivity contribution is 5.40. The Balaban J connectivity index is 2.64. The minimum absolute atomic E-state index is 0.472. The van der Waals surface area contributed by atoms with Crippen LogP contribution in [0.4, 0.5) is 11.6 Å². The fourth-order valence-corrected chi connectivity index (χ4v) is 1.29. The molecule has 78 valence electrons. The van der Waals surface area contributed by atoms with Crippen molar-refractivity contribution in [3.8, 4) is 0 Å². The summed E-state index contributed by atoms with van der Waals surface area (Å²) in [6.45, 7) is 6.29. The van der Waals surface area contributed by atoms with E-state index in [2.05, 4.69) is 28.9 Å². The molecular formula is C10H18N4. The number of aromatic nitrogens is 2. The van der Waals surface area contributed by atoms with Crippen molar-refractivity contribution in [2.45, 2.75) is 26.7 Å². The highest BCUT2D eigenvalue weighted by atomic mass is 15.3. The fraction of sp³-hybridized carbons (Fsp3) is 0.600. The van der Waals surface area contributed by atoms with Gasteiger partial charge in [0.15, 0.2) is 5.82 Å². The standard InChI is InChI=1S/C10H18N4/c1-3-5-8-14(4-2)10-7-6-9(11)12-13-10/h6-7H,3-5,8H2,1-2H3,(H2,11,12). The van der Waals surface area contributed by atoms with Gasteiger partial charge in [0.1, 0.15) is 5.82 Å². The average molecular weight is 194 g/mol. The van der Waals surface area contributed by atoms with E-state index in [9.17, 15) is 0 Å². The van der Waals surface area contributed by atoms with Crippen molar-refractivity contribution < 1.29 is 0 Å². The zero-order chi connectivity index (χ0) is 10.4. The molecule has 0 unspecified atom stereocenters. The normalized spacial score (nSPS) is 10.1. The molecule has 14 heavy (non-hydrogen) atoms. The second-order valence-corrected chi connectivity index (χ2v) is 3.25. The first-order valence-corrected chi connectivity index (χ1v) is 5.12. The third kappa shape index (κ3) is 2.87. The minimum atomic E-state index is 0.472. The van der Waals surface area contributed by atoms with Crippen molar-refractivity contribution in [1.29, 1.82) is 0 Å². The average Bonchev–Trinajstić information content (AvgIpc) is 2.21. The van der Waals surface area contributed by atoms with Crippen LogP contribution in [0.1, 0.15) is 26.7 Å². The van der Waals surface area contributed by atoms with Crippen LogP contribution in [0.15, 0.2) is 12.1 Å². The maximum absolute atomic E-state index is 5.48. The van der Waals surface area contributed by atoms with Crippen molar-refractivity contribution in [3.63, 3.8) is 0 Å². The van der Waals surface area contributed by atoms with Gasteiger partial charge in [-0.1, -0.05) is 13.3 Å². The summed E-state index contributed by atoms with van der Waals surface area (Å²) >= 11 is 0. The molecule has 1 aromatic heterocycles. The summed E-state index contributed by atoms with van der Waals surface area (Å²) in [5, 5.41) is 7.90. The van der Waals surface area contributed by atoms with Gasteiger partial charge in [0.25, 0.3) is 0 Å². The third-order valence-corrected chi connectivity index (χ3v) is 2.16. The topological polar surface area (TPSA) is 55.0 Å². The van der Waals surface area contributed by atoms with Gasteiger partial charge in [-0.3, -0.25) is 0 Å². The predicted molar refractivity (Wildman–Crippen MR) is 59.2 cm³/mol. The van der Waals surface area contributed by atoms with E-state index in [0.29, 0.717) is 5.82 Å². The summed E-state index contributed by atoms with van der Waals surface area (Å²) in [6.07, 6.45) is 2.37. The zero-order valence-corrected chi connectivity index (χ0v) is 8.90.